The zero-order chi connectivity index (χ0) is 16.9. The van der Waals surface area contributed by atoms with Gasteiger partial charge in [-0.25, -0.2) is 4.79 Å². The molecule has 0 bridgehead atoms. The highest BCUT2D eigenvalue weighted by Gasteiger charge is 2.21. The third-order valence-corrected chi connectivity index (χ3v) is 5.23. The highest BCUT2D eigenvalue weighted by atomic mass is 32.1. The van der Waals surface area contributed by atoms with Crippen LogP contribution in [-0.2, 0) is 6.54 Å². The minimum Gasteiger partial charge on any atom is -0.477 e. The molecular formula is C17H20N2O4S. The van der Waals surface area contributed by atoms with Crippen molar-refractivity contribution in [2.45, 2.75) is 19.4 Å². The van der Waals surface area contributed by atoms with E-state index < -0.39 is 5.97 Å². The van der Waals surface area contributed by atoms with Crippen molar-refractivity contribution >= 4 is 23.2 Å². The quantitative estimate of drug-likeness (QED) is 0.839. The van der Waals surface area contributed by atoms with Gasteiger partial charge in [-0.15, -0.1) is 11.3 Å². The number of hydrogen-bond acceptors (Lipinski definition) is 5. The fourth-order valence-electron chi connectivity index (χ4n) is 2.98. The largest absolute Gasteiger partial charge is 0.477 e. The summed E-state index contributed by atoms with van der Waals surface area (Å²) < 4.78 is 5.39. The number of furan rings is 1. The summed E-state index contributed by atoms with van der Waals surface area (Å²) in [6, 6.07) is 6.90. The van der Waals surface area contributed by atoms with E-state index >= 15 is 0 Å². The van der Waals surface area contributed by atoms with Crippen LogP contribution in [0.3, 0.4) is 0 Å². The molecule has 24 heavy (non-hydrogen) atoms. The van der Waals surface area contributed by atoms with E-state index in [0.717, 1.165) is 49.6 Å². The molecule has 2 N–H and O–H groups in total. The molecule has 1 unspecified atom stereocenters. The number of nitrogens with zero attached hydrogens (tertiary/aromatic N) is 1. The second-order valence-electron chi connectivity index (χ2n) is 6.00. The number of carboxylic acids is 1. The molecule has 3 heterocycles. The van der Waals surface area contributed by atoms with E-state index in [-0.39, 0.29) is 10.8 Å². The zero-order valence-electron chi connectivity index (χ0n) is 13.2. The van der Waals surface area contributed by atoms with Gasteiger partial charge in [-0.3, -0.25) is 9.69 Å². The second kappa shape index (κ2) is 7.63. The normalized spacial score (nSPS) is 18.4. The second-order valence-corrected chi connectivity index (χ2v) is 7.09. The molecule has 6 nitrogen and oxygen atoms in total. The Balaban J connectivity index is 1.48. The lowest BCUT2D eigenvalue weighted by Gasteiger charge is -2.32. The van der Waals surface area contributed by atoms with Gasteiger partial charge in [0.05, 0.1) is 17.7 Å². The van der Waals surface area contributed by atoms with E-state index in [0.29, 0.717) is 17.3 Å². The standard InChI is InChI=1S/C17H20N2O4S/c20-16(14-5-6-15(24-14)17(21)22)18-9-12-3-1-7-19(10-12)11-13-4-2-8-23-13/h2,4-6,8,12H,1,3,7,9-11H2,(H,18,20)(H,21,22). The molecule has 1 aliphatic heterocycles. The number of nitrogens with one attached hydrogen (secondary N) is 1. The minimum absolute atomic E-state index is 0.183. The first kappa shape index (κ1) is 16.7. The summed E-state index contributed by atoms with van der Waals surface area (Å²) in [5.74, 6) is 0.159. The maximum absolute atomic E-state index is 12.1. The van der Waals surface area contributed by atoms with Gasteiger partial charge in [0.15, 0.2) is 0 Å². The maximum atomic E-state index is 12.1. The van der Waals surface area contributed by atoms with E-state index in [9.17, 15) is 9.59 Å². The lowest BCUT2D eigenvalue weighted by Crippen LogP contribution is -2.40. The Bertz CT molecular complexity index is 695. The average Bonchev–Trinajstić information content (AvgIpc) is 3.24. The van der Waals surface area contributed by atoms with Crippen molar-refractivity contribution in [1.82, 2.24) is 10.2 Å². The highest BCUT2D eigenvalue weighted by molar-refractivity contribution is 7.15. The number of piperidine rings is 1. The van der Waals surface area contributed by atoms with Crippen molar-refractivity contribution < 1.29 is 19.1 Å². The van der Waals surface area contributed by atoms with Gasteiger partial charge in [0.25, 0.3) is 5.91 Å². The van der Waals surface area contributed by atoms with E-state index in [4.69, 9.17) is 9.52 Å². The van der Waals surface area contributed by atoms with E-state index in [1.807, 2.05) is 12.1 Å². The van der Waals surface area contributed by atoms with Crippen molar-refractivity contribution in [3.05, 3.63) is 46.0 Å². The van der Waals surface area contributed by atoms with Crippen LogP contribution in [-0.4, -0.2) is 41.5 Å². The topological polar surface area (TPSA) is 82.8 Å². The molecule has 2 aromatic rings. The summed E-state index contributed by atoms with van der Waals surface area (Å²) in [5.41, 5.74) is 0. The van der Waals surface area contributed by atoms with Crippen LogP contribution in [0.1, 0.15) is 37.9 Å². The predicted octanol–water partition coefficient (Wildman–Crippen LogP) is 2.68. The summed E-state index contributed by atoms with van der Waals surface area (Å²) in [4.78, 5) is 26.0. The number of likely N-dealkylation sites (tertiary alicyclic amines) is 1. The van der Waals surface area contributed by atoms with E-state index in [1.54, 1.807) is 12.3 Å². The third-order valence-electron chi connectivity index (χ3n) is 4.15. The zero-order valence-corrected chi connectivity index (χ0v) is 14.1. The molecule has 0 aromatic carbocycles. The summed E-state index contributed by atoms with van der Waals surface area (Å²) in [6.07, 6.45) is 3.87. The molecule has 1 fully saturated rings. The van der Waals surface area contributed by atoms with Crippen LogP contribution in [0, 0.1) is 5.92 Å². The molecule has 0 spiro atoms. The molecule has 1 amide bonds. The van der Waals surface area contributed by atoms with Crippen molar-refractivity contribution in [2.24, 2.45) is 5.92 Å². The highest BCUT2D eigenvalue weighted by Crippen LogP contribution is 2.19. The van der Waals surface area contributed by atoms with Gasteiger partial charge < -0.3 is 14.8 Å². The van der Waals surface area contributed by atoms with Crippen LogP contribution in [0.5, 0.6) is 0 Å². The van der Waals surface area contributed by atoms with Crippen molar-refractivity contribution in [1.29, 1.82) is 0 Å². The number of hydrogen-bond donors (Lipinski definition) is 2. The van der Waals surface area contributed by atoms with Crippen LogP contribution in [0.4, 0.5) is 0 Å². The van der Waals surface area contributed by atoms with Gasteiger partial charge in [0, 0.05) is 13.1 Å². The smallest absolute Gasteiger partial charge is 0.345 e. The van der Waals surface area contributed by atoms with Gasteiger partial charge in [0.1, 0.15) is 10.6 Å². The molecule has 128 valence electrons. The Kier molecular flexibility index (Phi) is 5.32. The number of aromatic carboxylic acids is 1. The Hall–Kier alpha value is -2.12. The Morgan fingerprint density at radius 2 is 2.17 bits per heavy atom. The Morgan fingerprint density at radius 1 is 1.33 bits per heavy atom. The van der Waals surface area contributed by atoms with Crippen LogP contribution < -0.4 is 5.32 Å². The SMILES string of the molecule is O=C(O)c1ccc(C(=O)NCC2CCCN(Cc3ccco3)C2)s1. The van der Waals surface area contributed by atoms with Crippen LogP contribution in [0.15, 0.2) is 34.9 Å². The minimum atomic E-state index is -1.00. The molecule has 1 aliphatic rings. The summed E-state index contributed by atoms with van der Waals surface area (Å²) in [6.45, 7) is 3.36. The van der Waals surface area contributed by atoms with Gasteiger partial charge >= 0.3 is 5.97 Å². The molecule has 3 rings (SSSR count). The fraction of sp³-hybridized carbons (Fsp3) is 0.412. The van der Waals surface area contributed by atoms with Gasteiger partial charge in [0.2, 0.25) is 0 Å². The first-order chi connectivity index (χ1) is 11.6. The molecule has 0 radical (unpaired) electrons. The number of carbonyl (C=O) groups is 2. The Labute approximate surface area is 144 Å². The van der Waals surface area contributed by atoms with Crippen LogP contribution in [0.25, 0.3) is 0 Å². The maximum Gasteiger partial charge on any atom is 0.345 e. The van der Waals surface area contributed by atoms with E-state index in [2.05, 4.69) is 10.2 Å². The van der Waals surface area contributed by atoms with Crippen molar-refractivity contribution in [3.8, 4) is 0 Å². The number of carbonyl (C=O) groups excluding carboxylic acids is 1. The number of carboxylic acid groups (broad SMARTS) is 1. The molecule has 7 heteroatoms. The first-order valence-corrected chi connectivity index (χ1v) is 8.79. The van der Waals surface area contributed by atoms with E-state index in [1.165, 1.54) is 6.07 Å². The predicted molar refractivity (Wildman–Crippen MR) is 90.3 cm³/mol. The number of amides is 1. The molecule has 0 aliphatic carbocycles. The van der Waals surface area contributed by atoms with Gasteiger partial charge in [-0.05, 0) is 49.6 Å². The van der Waals surface area contributed by atoms with Crippen molar-refractivity contribution in [2.75, 3.05) is 19.6 Å². The first-order valence-electron chi connectivity index (χ1n) is 7.98. The molecule has 0 saturated carbocycles. The average molecular weight is 348 g/mol. The fourth-order valence-corrected chi connectivity index (χ4v) is 3.74. The van der Waals surface area contributed by atoms with Gasteiger partial charge in [-0.1, -0.05) is 0 Å². The summed E-state index contributed by atoms with van der Waals surface area (Å²) in [5, 5.41) is 11.8. The van der Waals surface area contributed by atoms with Crippen LogP contribution >= 0.6 is 11.3 Å². The monoisotopic (exact) mass is 348 g/mol. The van der Waals surface area contributed by atoms with Crippen molar-refractivity contribution in [3.63, 3.8) is 0 Å². The lowest BCUT2D eigenvalue weighted by atomic mass is 9.98. The molecule has 2 aromatic heterocycles. The third kappa shape index (κ3) is 4.24. The Morgan fingerprint density at radius 3 is 2.88 bits per heavy atom. The van der Waals surface area contributed by atoms with Gasteiger partial charge in [-0.2, -0.15) is 0 Å². The molecular weight excluding hydrogens is 328 g/mol. The molecule has 1 atom stereocenters. The van der Waals surface area contributed by atoms with Crippen LogP contribution in [0.2, 0.25) is 0 Å². The lowest BCUT2D eigenvalue weighted by molar-refractivity contribution is 0.0702. The summed E-state index contributed by atoms with van der Waals surface area (Å²) >= 11 is 1.00. The number of thiophene rings is 1. The summed E-state index contributed by atoms with van der Waals surface area (Å²) in [7, 11) is 0. The molecule has 1 saturated heterocycles. The number of rotatable bonds is 6.